The van der Waals surface area contributed by atoms with Crippen LogP contribution in [0, 0.1) is 19.7 Å². The van der Waals surface area contributed by atoms with E-state index in [1.807, 2.05) is 32.0 Å². The number of carbonyl (C=O) groups is 1. The average molecular weight is 297 g/mol. The molecule has 22 heavy (non-hydrogen) atoms. The number of benzene rings is 2. The van der Waals surface area contributed by atoms with Crippen molar-refractivity contribution in [2.45, 2.75) is 38.5 Å². The zero-order chi connectivity index (χ0) is 15.7. The fourth-order valence-corrected chi connectivity index (χ4v) is 3.07. The standard InChI is InChI=1S/C19H20FNO/c1-13-8-9-15(12-14(13)2)21-18(22)19(10-5-11-19)16-6-3-4-7-17(16)20/h3-4,6-9,12H,5,10-11H2,1-2H3,(H,21,22). The molecule has 0 bridgehead atoms. The Hall–Kier alpha value is -2.16. The van der Waals surface area contributed by atoms with E-state index in [0.717, 1.165) is 17.7 Å². The molecule has 3 heteroatoms. The predicted octanol–water partition coefficient (Wildman–Crippen LogP) is 4.50. The number of rotatable bonds is 3. The van der Waals surface area contributed by atoms with E-state index in [1.54, 1.807) is 18.2 Å². The van der Waals surface area contributed by atoms with Gasteiger partial charge in [-0.3, -0.25) is 4.79 Å². The van der Waals surface area contributed by atoms with E-state index < -0.39 is 5.41 Å². The van der Waals surface area contributed by atoms with Crippen molar-refractivity contribution in [1.29, 1.82) is 0 Å². The highest BCUT2D eigenvalue weighted by Crippen LogP contribution is 2.45. The quantitative estimate of drug-likeness (QED) is 0.887. The van der Waals surface area contributed by atoms with Crippen molar-refractivity contribution in [3.05, 3.63) is 65.0 Å². The van der Waals surface area contributed by atoms with Gasteiger partial charge in [-0.1, -0.05) is 30.7 Å². The number of aryl methyl sites for hydroxylation is 2. The van der Waals surface area contributed by atoms with Crippen molar-refractivity contribution in [1.82, 2.24) is 0 Å². The van der Waals surface area contributed by atoms with Gasteiger partial charge < -0.3 is 5.32 Å². The second kappa shape index (κ2) is 5.56. The molecule has 0 atom stereocenters. The zero-order valence-corrected chi connectivity index (χ0v) is 12.9. The maximum Gasteiger partial charge on any atom is 0.235 e. The minimum Gasteiger partial charge on any atom is -0.325 e. The summed E-state index contributed by atoms with van der Waals surface area (Å²) in [6.45, 7) is 4.05. The molecule has 1 aliphatic carbocycles. The minimum atomic E-state index is -0.718. The molecule has 0 saturated heterocycles. The lowest BCUT2D eigenvalue weighted by atomic mass is 9.63. The topological polar surface area (TPSA) is 29.1 Å². The summed E-state index contributed by atoms with van der Waals surface area (Å²) in [6.07, 6.45) is 2.35. The van der Waals surface area contributed by atoms with Crippen LogP contribution in [0.25, 0.3) is 0 Å². The number of hydrogen-bond acceptors (Lipinski definition) is 1. The van der Waals surface area contributed by atoms with Crippen molar-refractivity contribution in [3.8, 4) is 0 Å². The molecule has 2 aromatic carbocycles. The molecule has 1 fully saturated rings. The second-order valence-electron chi connectivity index (χ2n) is 6.17. The molecule has 0 radical (unpaired) electrons. The molecule has 1 N–H and O–H groups in total. The molecule has 1 aliphatic rings. The summed E-state index contributed by atoms with van der Waals surface area (Å²) in [4.78, 5) is 12.8. The summed E-state index contributed by atoms with van der Waals surface area (Å²) in [5.41, 5.74) is 2.89. The van der Waals surface area contributed by atoms with Crippen LogP contribution in [0.3, 0.4) is 0 Å². The van der Waals surface area contributed by atoms with Crippen molar-refractivity contribution in [3.63, 3.8) is 0 Å². The van der Waals surface area contributed by atoms with Crippen LogP contribution in [0.2, 0.25) is 0 Å². The van der Waals surface area contributed by atoms with Gasteiger partial charge in [-0.05, 0) is 56.0 Å². The fourth-order valence-electron chi connectivity index (χ4n) is 3.07. The Morgan fingerprint density at radius 3 is 2.41 bits per heavy atom. The number of nitrogens with one attached hydrogen (secondary N) is 1. The maximum absolute atomic E-state index is 14.1. The minimum absolute atomic E-state index is 0.105. The Morgan fingerprint density at radius 1 is 1.09 bits per heavy atom. The van der Waals surface area contributed by atoms with Gasteiger partial charge in [0.25, 0.3) is 0 Å². The SMILES string of the molecule is Cc1ccc(NC(=O)C2(c3ccccc3F)CCC2)cc1C. The van der Waals surface area contributed by atoms with Crippen LogP contribution in [-0.2, 0) is 10.2 Å². The molecule has 114 valence electrons. The molecule has 0 aromatic heterocycles. The summed E-state index contributed by atoms with van der Waals surface area (Å²) in [6, 6.07) is 12.5. The normalized spacial score (nSPS) is 16.0. The summed E-state index contributed by atoms with van der Waals surface area (Å²) >= 11 is 0. The van der Waals surface area contributed by atoms with Crippen LogP contribution < -0.4 is 5.32 Å². The molecule has 1 amide bonds. The molecular formula is C19H20FNO. The number of anilines is 1. The molecule has 2 nitrogen and oxygen atoms in total. The third kappa shape index (κ3) is 2.41. The van der Waals surface area contributed by atoms with Crippen LogP contribution in [0.1, 0.15) is 36.0 Å². The Morgan fingerprint density at radius 2 is 1.82 bits per heavy atom. The van der Waals surface area contributed by atoms with Crippen LogP contribution in [-0.4, -0.2) is 5.91 Å². The monoisotopic (exact) mass is 297 g/mol. The molecular weight excluding hydrogens is 277 g/mol. The molecule has 0 heterocycles. The molecule has 0 spiro atoms. The first-order valence-electron chi connectivity index (χ1n) is 7.67. The molecule has 0 unspecified atom stereocenters. The van der Waals surface area contributed by atoms with E-state index in [9.17, 15) is 9.18 Å². The predicted molar refractivity (Wildman–Crippen MR) is 86.5 cm³/mol. The van der Waals surface area contributed by atoms with Crippen LogP contribution in [0.5, 0.6) is 0 Å². The van der Waals surface area contributed by atoms with E-state index in [2.05, 4.69) is 5.32 Å². The lowest BCUT2D eigenvalue weighted by Gasteiger charge is -2.40. The number of halogens is 1. The Bertz CT molecular complexity index is 719. The van der Waals surface area contributed by atoms with E-state index in [0.29, 0.717) is 18.4 Å². The second-order valence-corrected chi connectivity index (χ2v) is 6.17. The first kappa shape index (κ1) is 14.8. The van der Waals surface area contributed by atoms with Crippen LogP contribution in [0.4, 0.5) is 10.1 Å². The van der Waals surface area contributed by atoms with Gasteiger partial charge in [0.05, 0.1) is 5.41 Å². The van der Waals surface area contributed by atoms with Crippen LogP contribution in [0.15, 0.2) is 42.5 Å². The molecule has 3 rings (SSSR count). The molecule has 1 saturated carbocycles. The summed E-state index contributed by atoms with van der Waals surface area (Å²) in [5.74, 6) is -0.399. The first-order chi connectivity index (χ1) is 10.5. The Balaban J connectivity index is 1.89. The molecule has 2 aromatic rings. The maximum atomic E-state index is 14.1. The highest BCUT2D eigenvalue weighted by atomic mass is 19.1. The van der Waals surface area contributed by atoms with E-state index >= 15 is 0 Å². The zero-order valence-electron chi connectivity index (χ0n) is 12.9. The first-order valence-corrected chi connectivity index (χ1v) is 7.67. The smallest absolute Gasteiger partial charge is 0.235 e. The lowest BCUT2D eigenvalue weighted by Crippen LogP contribution is -2.46. The third-order valence-electron chi connectivity index (χ3n) is 4.80. The number of amides is 1. The number of hydrogen-bond donors (Lipinski definition) is 1. The lowest BCUT2D eigenvalue weighted by molar-refractivity contribution is -0.124. The highest BCUT2D eigenvalue weighted by Gasteiger charge is 2.47. The van der Waals surface area contributed by atoms with Crippen molar-refractivity contribution < 1.29 is 9.18 Å². The van der Waals surface area contributed by atoms with Gasteiger partial charge in [0, 0.05) is 11.3 Å². The van der Waals surface area contributed by atoms with Gasteiger partial charge >= 0.3 is 0 Å². The fraction of sp³-hybridized carbons (Fsp3) is 0.316. The van der Waals surface area contributed by atoms with Gasteiger partial charge in [0.2, 0.25) is 5.91 Å². The van der Waals surface area contributed by atoms with Gasteiger partial charge in [-0.25, -0.2) is 4.39 Å². The average Bonchev–Trinajstić information content (AvgIpc) is 2.44. The van der Waals surface area contributed by atoms with Gasteiger partial charge in [-0.2, -0.15) is 0 Å². The van der Waals surface area contributed by atoms with E-state index in [4.69, 9.17) is 0 Å². The van der Waals surface area contributed by atoms with Gasteiger partial charge in [0.1, 0.15) is 5.82 Å². The Labute approximate surface area is 130 Å². The van der Waals surface area contributed by atoms with E-state index in [1.165, 1.54) is 11.6 Å². The summed E-state index contributed by atoms with van der Waals surface area (Å²) in [7, 11) is 0. The summed E-state index contributed by atoms with van der Waals surface area (Å²) in [5, 5.41) is 2.97. The highest BCUT2D eigenvalue weighted by molar-refractivity contribution is 6.00. The van der Waals surface area contributed by atoms with Crippen molar-refractivity contribution >= 4 is 11.6 Å². The third-order valence-corrected chi connectivity index (χ3v) is 4.80. The van der Waals surface area contributed by atoms with Gasteiger partial charge in [0.15, 0.2) is 0 Å². The number of carbonyl (C=O) groups excluding carboxylic acids is 1. The van der Waals surface area contributed by atoms with Crippen LogP contribution >= 0.6 is 0 Å². The van der Waals surface area contributed by atoms with Crippen molar-refractivity contribution in [2.75, 3.05) is 5.32 Å². The Kier molecular flexibility index (Phi) is 3.73. The van der Waals surface area contributed by atoms with Gasteiger partial charge in [-0.15, -0.1) is 0 Å². The summed E-state index contributed by atoms with van der Waals surface area (Å²) < 4.78 is 14.1. The van der Waals surface area contributed by atoms with Crippen molar-refractivity contribution in [2.24, 2.45) is 0 Å². The molecule has 0 aliphatic heterocycles. The largest absolute Gasteiger partial charge is 0.325 e. The van der Waals surface area contributed by atoms with E-state index in [-0.39, 0.29) is 11.7 Å².